The van der Waals surface area contributed by atoms with Gasteiger partial charge in [-0.05, 0) is 37.7 Å². The van der Waals surface area contributed by atoms with Crippen molar-refractivity contribution in [1.82, 2.24) is 19.6 Å². The van der Waals surface area contributed by atoms with Crippen LogP contribution < -0.4 is 5.32 Å². The molecule has 1 saturated heterocycles. The van der Waals surface area contributed by atoms with E-state index >= 15 is 0 Å². The number of carbonyl (C=O) groups excluding carboxylic acids is 1. The Morgan fingerprint density at radius 2 is 2.16 bits per heavy atom. The maximum Gasteiger partial charge on any atom is 0.287 e. The number of hydrogen-bond donors (Lipinski definition) is 2. The number of allylic oxidation sites excluding steroid dienone is 4. The highest BCUT2D eigenvalue weighted by Gasteiger charge is 2.24. The number of aromatic nitrogens is 2. The van der Waals surface area contributed by atoms with Gasteiger partial charge in [-0.1, -0.05) is 29.9 Å². The van der Waals surface area contributed by atoms with Crippen molar-refractivity contribution >= 4 is 15.9 Å². The Kier molecular flexibility index (Phi) is 8.79. The van der Waals surface area contributed by atoms with Crippen molar-refractivity contribution in [2.45, 2.75) is 32.1 Å². The van der Waals surface area contributed by atoms with Gasteiger partial charge in [0.05, 0.1) is 19.0 Å². The Balaban J connectivity index is 1.63. The molecule has 0 unspecified atom stereocenters. The van der Waals surface area contributed by atoms with Crippen LogP contribution in [0.15, 0.2) is 41.6 Å². The molecule has 0 bridgehead atoms. The molecular weight excluding hydrogens is 430 g/mol. The van der Waals surface area contributed by atoms with Gasteiger partial charge >= 0.3 is 0 Å². The van der Waals surface area contributed by atoms with Gasteiger partial charge in [0.25, 0.3) is 5.91 Å². The molecule has 2 N–H and O–H groups in total. The molecule has 2 aliphatic rings. The van der Waals surface area contributed by atoms with Crippen molar-refractivity contribution in [3.63, 3.8) is 0 Å². The van der Waals surface area contributed by atoms with E-state index in [0.29, 0.717) is 31.9 Å². The van der Waals surface area contributed by atoms with Crippen LogP contribution in [0.25, 0.3) is 0 Å². The molecule has 1 aromatic rings. The highest BCUT2D eigenvalue weighted by atomic mass is 32.2. The number of amides is 1. The van der Waals surface area contributed by atoms with Crippen LogP contribution in [0.3, 0.4) is 0 Å². The normalized spacial score (nSPS) is 18.3. The van der Waals surface area contributed by atoms with Crippen LogP contribution in [-0.2, 0) is 14.8 Å². The summed E-state index contributed by atoms with van der Waals surface area (Å²) in [6.45, 7) is 1.77. The van der Waals surface area contributed by atoms with E-state index in [9.17, 15) is 13.2 Å². The molecule has 10 heteroatoms. The number of H-pyrrole nitrogens is 1. The number of carbonyl (C=O) groups is 1. The topological polar surface area (TPSA) is 128 Å². The number of nitrogens with zero attached hydrogens (tertiary/aromatic N) is 3. The fourth-order valence-electron chi connectivity index (χ4n) is 3.59. The zero-order chi connectivity index (χ0) is 22.8. The number of aromatic amines is 1. The minimum absolute atomic E-state index is 0.0600. The molecule has 1 aliphatic heterocycles. The average Bonchev–Trinajstić information content (AvgIpc) is 3.31. The summed E-state index contributed by atoms with van der Waals surface area (Å²) < 4.78 is 32.5. The number of sulfonamides is 1. The molecule has 1 aromatic heterocycles. The molecule has 172 valence electrons. The summed E-state index contributed by atoms with van der Waals surface area (Å²) in [6.07, 6.45) is 14.3. The molecule has 2 heterocycles. The molecule has 0 radical (unpaired) electrons. The molecule has 3 rings (SSSR count). The third kappa shape index (κ3) is 7.15. The zero-order valence-electron chi connectivity index (χ0n) is 18.0. The molecule has 1 amide bonds. The third-order valence-corrected chi connectivity index (χ3v) is 7.19. The third-order valence-electron chi connectivity index (χ3n) is 5.34. The van der Waals surface area contributed by atoms with E-state index in [1.807, 2.05) is 12.1 Å². The fourth-order valence-corrected chi connectivity index (χ4v) is 5.12. The van der Waals surface area contributed by atoms with Crippen molar-refractivity contribution in [1.29, 1.82) is 5.26 Å². The lowest BCUT2D eigenvalue weighted by atomic mass is 9.96. The SMILES string of the molecule is N#Cc1c[nH]c(C(=O)NC/C=C\C(=C/CC2=CCCCC2)CS(=O)(=O)N2CCOCC2)n1. The second-order valence-electron chi connectivity index (χ2n) is 7.72. The Labute approximate surface area is 188 Å². The van der Waals surface area contributed by atoms with Crippen molar-refractivity contribution in [2.24, 2.45) is 0 Å². The van der Waals surface area contributed by atoms with Crippen LogP contribution >= 0.6 is 0 Å². The molecule has 1 aliphatic carbocycles. The van der Waals surface area contributed by atoms with Crippen molar-refractivity contribution in [3.05, 3.63) is 53.2 Å². The second-order valence-corrected chi connectivity index (χ2v) is 9.69. The number of ether oxygens (including phenoxy) is 1. The van der Waals surface area contributed by atoms with Gasteiger partial charge in [0.1, 0.15) is 6.07 Å². The Morgan fingerprint density at radius 1 is 1.34 bits per heavy atom. The Morgan fingerprint density at radius 3 is 2.84 bits per heavy atom. The standard InChI is InChI=1S/C22H29N5O4S/c23-15-20-16-25-21(26-20)22(28)24-10-4-7-19(9-8-18-5-2-1-3-6-18)17-32(29,30)27-11-13-31-14-12-27/h4-5,7,9,16H,1-3,6,8,10-14,17H2,(H,24,28)(H,25,26)/b7-4-,19-9+. The summed E-state index contributed by atoms with van der Waals surface area (Å²) in [6, 6.07) is 1.86. The molecule has 0 spiro atoms. The molecule has 0 saturated carbocycles. The van der Waals surface area contributed by atoms with E-state index in [0.717, 1.165) is 19.3 Å². The molecule has 32 heavy (non-hydrogen) atoms. The summed E-state index contributed by atoms with van der Waals surface area (Å²) >= 11 is 0. The van der Waals surface area contributed by atoms with E-state index in [1.165, 1.54) is 28.9 Å². The quantitative estimate of drug-likeness (QED) is 0.430. The second kappa shape index (κ2) is 11.8. The van der Waals surface area contributed by atoms with E-state index < -0.39 is 15.9 Å². The number of rotatable bonds is 9. The Hall–Kier alpha value is -2.74. The van der Waals surface area contributed by atoms with Gasteiger partial charge in [-0.2, -0.15) is 9.57 Å². The summed E-state index contributed by atoms with van der Waals surface area (Å²) in [4.78, 5) is 18.6. The fraction of sp³-hybridized carbons (Fsp3) is 0.500. The first kappa shape index (κ1) is 23.9. The van der Waals surface area contributed by atoms with Gasteiger partial charge in [-0.3, -0.25) is 4.79 Å². The Bertz CT molecular complexity index is 1030. The largest absolute Gasteiger partial charge is 0.379 e. The van der Waals surface area contributed by atoms with Gasteiger partial charge in [-0.25, -0.2) is 13.4 Å². The smallest absolute Gasteiger partial charge is 0.287 e. The highest BCUT2D eigenvalue weighted by Crippen LogP contribution is 2.21. The summed E-state index contributed by atoms with van der Waals surface area (Å²) in [5.74, 6) is -0.464. The van der Waals surface area contributed by atoms with Gasteiger partial charge in [-0.15, -0.1) is 0 Å². The molecule has 1 fully saturated rings. The van der Waals surface area contributed by atoms with Crippen LogP contribution in [0.4, 0.5) is 0 Å². The molecule has 9 nitrogen and oxygen atoms in total. The minimum atomic E-state index is -3.45. The molecular formula is C22H29N5O4S. The summed E-state index contributed by atoms with van der Waals surface area (Å²) in [5, 5.41) is 11.5. The number of nitriles is 1. The van der Waals surface area contributed by atoms with Crippen molar-refractivity contribution in [2.75, 3.05) is 38.6 Å². The zero-order valence-corrected chi connectivity index (χ0v) is 18.9. The molecule has 0 aromatic carbocycles. The average molecular weight is 460 g/mol. The van der Waals surface area contributed by atoms with Crippen molar-refractivity contribution < 1.29 is 17.9 Å². The lowest BCUT2D eigenvalue weighted by Gasteiger charge is -2.26. The van der Waals surface area contributed by atoms with Gasteiger partial charge < -0.3 is 15.0 Å². The van der Waals surface area contributed by atoms with E-state index in [-0.39, 0.29) is 23.8 Å². The monoisotopic (exact) mass is 459 g/mol. The first-order valence-electron chi connectivity index (χ1n) is 10.8. The van der Waals surface area contributed by atoms with Crippen LogP contribution in [0, 0.1) is 11.3 Å². The number of nitrogens with one attached hydrogen (secondary N) is 2. The first-order chi connectivity index (χ1) is 15.5. The highest BCUT2D eigenvalue weighted by molar-refractivity contribution is 7.89. The van der Waals surface area contributed by atoms with Gasteiger partial charge in [0.2, 0.25) is 10.0 Å². The predicted molar refractivity (Wildman–Crippen MR) is 120 cm³/mol. The maximum atomic E-state index is 12.9. The van der Waals surface area contributed by atoms with E-state index in [1.54, 1.807) is 12.2 Å². The predicted octanol–water partition coefficient (Wildman–Crippen LogP) is 2.05. The molecule has 0 atom stereocenters. The number of imidazole rings is 1. The number of hydrogen-bond acceptors (Lipinski definition) is 6. The van der Waals surface area contributed by atoms with E-state index in [4.69, 9.17) is 10.00 Å². The van der Waals surface area contributed by atoms with Crippen LogP contribution in [0.5, 0.6) is 0 Å². The lowest BCUT2D eigenvalue weighted by Crippen LogP contribution is -2.42. The maximum absolute atomic E-state index is 12.9. The number of morpholine rings is 1. The van der Waals surface area contributed by atoms with E-state index in [2.05, 4.69) is 21.4 Å². The van der Waals surface area contributed by atoms with Crippen molar-refractivity contribution in [3.8, 4) is 6.07 Å². The van der Waals surface area contributed by atoms with Crippen LogP contribution in [-0.4, -0.2) is 67.2 Å². The van der Waals surface area contributed by atoms with Crippen LogP contribution in [0.2, 0.25) is 0 Å². The summed E-state index contributed by atoms with van der Waals surface area (Å²) in [7, 11) is -3.45. The summed E-state index contributed by atoms with van der Waals surface area (Å²) in [5.41, 5.74) is 2.17. The first-order valence-corrected chi connectivity index (χ1v) is 12.4. The van der Waals surface area contributed by atoms with Crippen LogP contribution in [0.1, 0.15) is 48.4 Å². The lowest BCUT2D eigenvalue weighted by molar-refractivity contribution is 0.0731. The van der Waals surface area contributed by atoms with Gasteiger partial charge in [0, 0.05) is 25.8 Å². The minimum Gasteiger partial charge on any atom is -0.379 e. The van der Waals surface area contributed by atoms with Gasteiger partial charge in [0.15, 0.2) is 11.5 Å².